The molecular weight excluding hydrogens is 340 g/mol. The Morgan fingerprint density at radius 3 is 2.92 bits per heavy atom. The molecule has 2 atom stereocenters. The summed E-state index contributed by atoms with van der Waals surface area (Å²) in [7, 11) is 1.45. The zero-order chi connectivity index (χ0) is 18.7. The molecule has 26 heavy (non-hydrogen) atoms. The number of nitriles is 1. The first-order valence-electron chi connectivity index (χ1n) is 8.30. The van der Waals surface area contributed by atoms with E-state index < -0.39 is 11.4 Å². The van der Waals surface area contributed by atoms with Crippen molar-refractivity contribution in [1.29, 1.82) is 5.26 Å². The molecule has 1 N–H and O–H groups in total. The SMILES string of the molecule is COc1cc(C#N)ccc1OCC(=O)N1C[C@H]2COCC[C@@]2(C(=O)O)C1. The van der Waals surface area contributed by atoms with Crippen LogP contribution in [0.1, 0.15) is 12.0 Å². The summed E-state index contributed by atoms with van der Waals surface area (Å²) in [6.07, 6.45) is 0.404. The maximum Gasteiger partial charge on any atom is 0.311 e. The molecule has 2 saturated heterocycles. The van der Waals surface area contributed by atoms with Crippen molar-refractivity contribution in [1.82, 2.24) is 4.90 Å². The van der Waals surface area contributed by atoms with E-state index in [0.29, 0.717) is 43.2 Å². The summed E-state index contributed by atoms with van der Waals surface area (Å²) in [6.45, 7) is 1.03. The van der Waals surface area contributed by atoms with E-state index in [1.165, 1.54) is 18.1 Å². The number of carboxylic acids is 1. The average molecular weight is 360 g/mol. The summed E-state index contributed by atoms with van der Waals surface area (Å²) in [4.78, 5) is 25.8. The van der Waals surface area contributed by atoms with E-state index in [1.807, 2.05) is 6.07 Å². The Bertz CT molecular complexity index is 759. The van der Waals surface area contributed by atoms with E-state index in [2.05, 4.69) is 0 Å². The summed E-state index contributed by atoms with van der Waals surface area (Å²) in [6, 6.07) is 6.68. The Labute approximate surface area is 150 Å². The minimum absolute atomic E-state index is 0.170. The number of amides is 1. The largest absolute Gasteiger partial charge is 0.493 e. The second-order valence-electron chi connectivity index (χ2n) is 6.52. The second-order valence-corrected chi connectivity index (χ2v) is 6.52. The smallest absolute Gasteiger partial charge is 0.311 e. The van der Waals surface area contributed by atoms with Crippen LogP contribution in [0.3, 0.4) is 0 Å². The molecule has 0 spiro atoms. The molecule has 2 fully saturated rings. The van der Waals surface area contributed by atoms with Gasteiger partial charge in [-0.1, -0.05) is 0 Å². The zero-order valence-electron chi connectivity index (χ0n) is 14.4. The van der Waals surface area contributed by atoms with E-state index in [4.69, 9.17) is 19.5 Å². The highest BCUT2D eigenvalue weighted by Crippen LogP contribution is 2.42. The molecule has 0 aromatic heterocycles. The third kappa shape index (κ3) is 3.18. The third-order valence-electron chi connectivity index (χ3n) is 5.13. The van der Waals surface area contributed by atoms with Gasteiger partial charge in [-0.15, -0.1) is 0 Å². The van der Waals surface area contributed by atoms with E-state index in [1.54, 1.807) is 12.1 Å². The predicted molar refractivity (Wildman–Crippen MR) is 88.8 cm³/mol. The molecule has 0 saturated carbocycles. The first-order valence-corrected chi connectivity index (χ1v) is 8.30. The fraction of sp³-hybridized carbons (Fsp3) is 0.500. The molecule has 1 aromatic carbocycles. The number of aliphatic carboxylic acids is 1. The Balaban J connectivity index is 1.66. The third-order valence-corrected chi connectivity index (χ3v) is 5.13. The molecule has 2 heterocycles. The highest BCUT2D eigenvalue weighted by molar-refractivity contribution is 5.82. The van der Waals surface area contributed by atoms with Gasteiger partial charge in [0, 0.05) is 31.7 Å². The summed E-state index contributed by atoms with van der Waals surface area (Å²) in [5.74, 6) is -0.653. The predicted octanol–water partition coefficient (Wildman–Crippen LogP) is 0.895. The first-order chi connectivity index (χ1) is 12.5. The Morgan fingerprint density at radius 1 is 1.46 bits per heavy atom. The van der Waals surface area contributed by atoms with Gasteiger partial charge in [0.2, 0.25) is 0 Å². The van der Waals surface area contributed by atoms with E-state index >= 15 is 0 Å². The summed E-state index contributed by atoms with van der Waals surface area (Å²) in [5, 5.41) is 18.6. The summed E-state index contributed by atoms with van der Waals surface area (Å²) >= 11 is 0. The van der Waals surface area contributed by atoms with Crippen LogP contribution in [-0.4, -0.2) is 61.9 Å². The highest BCUT2D eigenvalue weighted by Gasteiger charge is 2.54. The fourth-order valence-corrected chi connectivity index (χ4v) is 3.58. The number of nitrogens with zero attached hydrogens (tertiary/aromatic N) is 2. The molecule has 2 aliphatic heterocycles. The average Bonchev–Trinajstić information content (AvgIpc) is 3.07. The topological polar surface area (TPSA) is 109 Å². The number of hydrogen-bond donors (Lipinski definition) is 1. The van der Waals surface area contributed by atoms with Gasteiger partial charge in [-0.3, -0.25) is 9.59 Å². The Hall–Kier alpha value is -2.79. The fourth-order valence-electron chi connectivity index (χ4n) is 3.58. The number of carbonyl (C=O) groups excluding carboxylic acids is 1. The molecule has 1 aromatic rings. The van der Waals surface area contributed by atoms with Gasteiger partial charge in [-0.25, -0.2) is 0 Å². The monoisotopic (exact) mass is 360 g/mol. The van der Waals surface area contributed by atoms with Crippen molar-refractivity contribution in [2.45, 2.75) is 6.42 Å². The summed E-state index contributed by atoms with van der Waals surface area (Å²) < 4.78 is 16.1. The van der Waals surface area contributed by atoms with Gasteiger partial charge in [0.15, 0.2) is 18.1 Å². The number of rotatable bonds is 5. The van der Waals surface area contributed by atoms with Crippen molar-refractivity contribution >= 4 is 11.9 Å². The van der Waals surface area contributed by atoms with Gasteiger partial charge < -0.3 is 24.2 Å². The number of fused-ring (bicyclic) bond motifs is 1. The van der Waals surface area contributed by atoms with Crippen LogP contribution in [0.15, 0.2) is 18.2 Å². The standard InChI is InChI=1S/C18H20N2O6/c1-24-15-6-12(7-19)2-3-14(15)26-10-16(21)20-8-13-9-25-5-4-18(13,11-20)17(22)23/h2-3,6,13H,4-5,8-11H2,1H3,(H,22,23)/t13-,18+/m0/s1. The number of carbonyl (C=O) groups is 2. The van der Waals surface area contributed by atoms with Crippen LogP contribution in [0.5, 0.6) is 11.5 Å². The van der Waals surface area contributed by atoms with Crippen LogP contribution in [-0.2, 0) is 14.3 Å². The normalized spacial score (nSPS) is 24.5. The van der Waals surface area contributed by atoms with Gasteiger partial charge in [0.05, 0.1) is 30.8 Å². The van der Waals surface area contributed by atoms with Crippen LogP contribution in [0, 0.1) is 22.7 Å². The van der Waals surface area contributed by atoms with Gasteiger partial charge >= 0.3 is 5.97 Å². The Kier molecular flexibility index (Phi) is 5.00. The lowest BCUT2D eigenvalue weighted by Crippen LogP contribution is -2.45. The van der Waals surface area contributed by atoms with E-state index in [-0.39, 0.29) is 25.0 Å². The second kappa shape index (κ2) is 7.22. The van der Waals surface area contributed by atoms with Crippen LogP contribution in [0.25, 0.3) is 0 Å². The van der Waals surface area contributed by atoms with E-state index in [0.717, 1.165) is 0 Å². The maximum absolute atomic E-state index is 12.5. The van der Waals surface area contributed by atoms with Gasteiger partial charge in [-0.2, -0.15) is 5.26 Å². The quantitative estimate of drug-likeness (QED) is 0.830. The minimum atomic E-state index is -0.931. The van der Waals surface area contributed by atoms with Gasteiger partial charge in [0.1, 0.15) is 0 Å². The molecule has 0 radical (unpaired) electrons. The summed E-state index contributed by atoms with van der Waals surface area (Å²) in [5.41, 5.74) is -0.507. The van der Waals surface area contributed by atoms with Gasteiger partial charge in [-0.05, 0) is 18.6 Å². The lowest BCUT2D eigenvalue weighted by atomic mass is 9.74. The molecule has 138 valence electrons. The van der Waals surface area contributed by atoms with Crippen molar-refractivity contribution in [2.24, 2.45) is 11.3 Å². The van der Waals surface area contributed by atoms with Crippen molar-refractivity contribution in [3.8, 4) is 17.6 Å². The van der Waals surface area contributed by atoms with Crippen LogP contribution in [0.4, 0.5) is 0 Å². The van der Waals surface area contributed by atoms with E-state index in [9.17, 15) is 14.7 Å². The van der Waals surface area contributed by atoms with Crippen LogP contribution >= 0.6 is 0 Å². The molecule has 2 aliphatic rings. The minimum Gasteiger partial charge on any atom is -0.493 e. The zero-order valence-corrected chi connectivity index (χ0v) is 14.4. The number of methoxy groups -OCH3 is 1. The van der Waals surface area contributed by atoms with Crippen molar-refractivity contribution in [3.05, 3.63) is 23.8 Å². The molecule has 8 heteroatoms. The molecule has 0 aliphatic carbocycles. The molecule has 8 nitrogen and oxygen atoms in total. The molecular formula is C18H20N2O6. The molecule has 1 amide bonds. The van der Waals surface area contributed by atoms with Crippen molar-refractivity contribution in [3.63, 3.8) is 0 Å². The van der Waals surface area contributed by atoms with Crippen LogP contribution < -0.4 is 9.47 Å². The Morgan fingerprint density at radius 2 is 2.27 bits per heavy atom. The van der Waals surface area contributed by atoms with Gasteiger partial charge in [0.25, 0.3) is 5.91 Å². The molecule has 0 bridgehead atoms. The molecule has 0 unspecified atom stereocenters. The number of hydrogen-bond acceptors (Lipinski definition) is 6. The molecule has 3 rings (SSSR count). The van der Waals surface area contributed by atoms with Crippen LogP contribution in [0.2, 0.25) is 0 Å². The number of carboxylic acid groups (broad SMARTS) is 1. The highest BCUT2D eigenvalue weighted by atomic mass is 16.5. The first kappa shape index (κ1) is 18.0. The van der Waals surface area contributed by atoms with Crippen molar-refractivity contribution in [2.75, 3.05) is 40.0 Å². The number of likely N-dealkylation sites (tertiary alicyclic amines) is 1. The number of benzene rings is 1. The lowest BCUT2D eigenvalue weighted by Gasteiger charge is -2.33. The maximum atomic E-state index is 12.5. The van der Waals surface area contributed by atoms with Crippen molar-refractivity contribution < 1.29 is 28.9 Å². The lowest BCUT2D eigenvalue weighted by molar-refractivity contribution is -0.157. The number of ether oxygens (including phenoxy) is 3.